The van der Waals surface area contributed by atoms with Gasteiger partial charge in [0.25, 0.3) is 11.8 Å². The van der Waals surface area contributed by atoms with Gasteiger partial charge in [-0.2, -0.15) is 0 Å². The van der Waals surface area contributed by atoms with Crippen molar-refractivity contribution in [1.29, 1.82) is 0 Å². The number of anilines is 1. The van der Waals surface area contributed by atoms with E-state index in [0.29, 0.717) is 23.8 Å². The van der Waals surface area contributed by atoms with Crippen LogP contribution in [0.3, 0.4) is 0 Å². The summed E-state index contributed by atoms with van der Waals surface area (Å²) in [5, 5.41) is 5.86. The van der Waals surface area contributed by atoms with Crippen LogP contribution in [-0.2, 0) is 9.53 Å². The van der Waals surface area contributed by atoms with Crippen LogP contribution < -0.4 is 10.6 Å². The molecule has 148 valence electrons. The molecule has 3 rings (SSSR count). The van der Waals surface area contributed by atoms with Crippen molar-refractivity contribution >= 4 is 17.5 Å². The number of hydrogen-bond acceptors (Lipinski definition) is 3. The van der Waals surface area contributed by atoms with E-state index in [9.17, 15) is 9.59 Å². The normalized spacial score (nSPS) is 17.4. The van der Waals surface area contributed by atoms with E-state index in [2.05, 4.69) is 48.7 Å². The van der Waals surface area contributed by atoms with E-state index in [1.807, 2.05) is 6.92 Å². The molecule has 2 amide bonds. The minimum Gasteiger partial charge on any atom is -0.368 e. The zero-order valence-corrected chi connectivity index (χ0v) is 16.7. The molecular weight excluding hydrogens is 352 g/mol. The van der Waals surface area contributed by atoms with E-state index in [0.717, 1.165) is 18.4 Å². The highest BCUT2D eigenvalue weighted by Gasteiger charge is 2.23. The second-order valence-corrected chi connectivity index (χ2v) is 7.59. The van der Waals surface area contributed by atoms with Crippen LogP contribution in [0.4, 0.5) is 5.69 Å². The molecular formula is C23H28N2O3. The van der Waals surface area contributed by atoms with Crippen molar-refractivity contribution in [1.82, 2.24) is 5.32 Å². The van der Waals surface area contributed by atoms with Crippen LogP contribution >= 0.6 is 0 Å². The van der Waals surface area contributed by atoms with Gasteiger partial charge in [-0.1, -0.05) is 44.2 Å². The monoisotopic (exact) mass is 380 g/mol. The average molecular weight is 380 g/mol. The fraction of sp³-hybridized carbons (Fsp3) is 0.391. The lowest BCUT2D eigenvalue weighted by Crippen LogP contribution is -2.28. The Morgan fingerprint density at radius 2 is 1.75 bits per heavy atom. The van der Waals surface area contributed by atoms with Crippen LogP contribution in [0.5, 0.6) is 0 Å². The lowest BCUT2D eigenvalue weighted by molar-refractivity contribution is -0.124. The minimum absolute atomic E-state index is 0.112. The fourth-order valence-corrected chi connectivity index (χ4v) is 3.28. The number of carbonyl (C=O) groups excluding carboxylic acids is 2. The Morgan fingerprint density at radius 1 is 1.04 bits per heavy atom. The van der Waals surface area contributed by atoms with Gasteiger partial charge in [-0.25, -0.2) is 0 Å². The van der Waals surface area contributed by atoms with Gasteiger partial charge in [-0.3, -0.25) is 9.59 Å². The van der Waals surface area contributed by atoms with Crippen molar-refractivity contribution in [3.8, 4) is 0 Å². The topological polar surface area (TPSA) is 67.4 Å². The highest BCUT2D eigenvalue weighted by Crippen LogP contribution is 2.20. The van der Waals surface area contributed by atoms with Gasteiger partial charge in [0.1, 0.15) is 6.10 Å². The first-order valence-electron chi connectivity index (χ1n) is 9.87. The Labute approximate surface area is 166 Å². The maximum atomic E-state index is 12.6. The molecule has 0 aromatic heterocycles. The lowest BCUT2D eigenvalue weighted by Gasteiger charge is -2.16. The van der Waals surface area contributed by atoms with E-state index in [1.54, 1.807) is 24.3 Å². The summed E-state index contributed by atoms with van der Waals surface area (Å²) in [7, 11) is 0. The predicted molar refractivity (Wildman–Crippen MR) is 110 cm³/mol. The standard InChI is InChI=1S/C23H28N2O3/c1-15(2)17-9-11-18(12-10-17)16(3)24-22(26)19-6-4-7-20(14-19)25-23(27)21-8-5-13-28-21/h4,6-7,9-12,14-16,21H,5,8,13H2,1-3H3,(H,24,26)(H,25,27)/t16-,21+/m0/s1. The molecule has 1 fully saturated rings. The number of benzene rings is 2. The molecule has 0 spiro atoms. The van der Waals surface area contributed by atoms with Crippen LogP contribution in [0.1, 0.15) is 67.1 Å². The smallest absolute Gasteiger partial charge is 0.253 e. The van der Waals surface area contributed by atoms with E-state index < -0.39 is 6.10 Å². The second kappa shape index (κ2) is 9.02. The SMILES string of the molecule is CC(C)c1ccc([C@H](C)NC(=O)c2cccc(NC(=O)[C@H]3CCCO3)c2)cc1. The van der Waals surface area contributed by atoms with Gasteiger partial charge in [0, 0.05) is 17.9 Å². The highest BCUT2D eigenvalue weighted by atomic mass is 16.5. The molecule has 28 heavy (non-hydrogen) atoms. The summed E-state index contributed by atoms with van der Waals surface area (Å²) in [6.45, 7) is 6.90. The molecule has 5 heteroatoms. The predicted octanol–water partition coefficient (Wildman–Crippen LogP) is 4.42. The van der Waals surface area contributed by atoms with E-state index in [1.165, 1.54) is 5.56 Å². The third-order valence-corrected chi connectivity index (χ3v) is 5.07. The number of carbonyl (C=O) groups is 2. The summed E-state index contributed by atoms with van der Waals surface area (Å²) >= 11 is 0. The third kappa shape index (κ3) is 4.98. The van der Waals surface area contributed by atoms with Gasteiger partial charge < -0.3 is 15.4 Å². The molecule has 0 radical (unpaired) electrons. The van der Waals surface area contributed by atoms with Crippen molar-refractivity contribution in [3.63, 3.8) is 0 Å². The number of hydrogen-bond donors (Lipinski definition) is 2. The first-order chi connectivity index (χ1) is 13.4. The van der Waals surface area contributed by atoms with Crippen LogP contribution in [0.15, 0.2) is 48.5 Å². The Hall–Kier alpha value is -2.66. The van der Waals surface area contributed by atoms with Gasteiger partial charge in [0.2, 0.25) is 0 Å². The van der Waals surface area contributed by atoms with Gasteiger partial charge in [0.05, 0.1) is 6.04 Å². The quantitative estimate of drug-likeness (QED) is 0.780. The summed E-state index contributed by atoms with van der Waals surface area (Å²) in [4.78, 5) is 24.8. The van der Waals surface area contributed by atoms with Crippen molar-refractivity contribution < 1.29 is 14.3 Å². The first-order valence-corrected chi connectivity index (χ1v) is 9.87. The van der Waals surface area contributed by atoms with Gasteiger partial charge in [-0.05, 0) is 55.0 Å². The lowest BCUT2D eigenvalue weighted by atomic mass is 9.99. The molecule has 2 N–H and O–H groups in total. The van der Waals surface area contributed by atoms with Gasteiger partial charge >= 0.3 is 0 Å². The molecule has 1 aliphatic heterocycles. The van der Waals surface area contributed by atoms with E-state index in [4.69, 9.17) is 4.74 Å². The van der Waals surface area contributed by atoms with E-state index in [-0.39, 0.29) is 17.9 Å². The molecule has 0 unspecified atom stereocenters. The molecule has 0 bridgehead atoms. The Kier molecular flexibility index (Phi) is 6.47. The third-order valence-electron chi connectivity index (χ3n) is 5.07. The average Bonchev–Trinajstić information content (AvgIpc) is 3.23. The summed E-state index contributed by atoms with van der Waals surface area (Å²) in [5.74, 6) is 0.147. The number of nitrogens with one attached hydrogen (secondary N) is 2. The van der Waals surface area contributed by atoms with E-state index >= 15 is 0 Å². The number of amides is 2. The second-order valence-electron chi connectivity index (χ2n) is 7.59. The van der Waals surface area contributed by atoms with Crippen molar-refractivity contribution in [2.45, 2.75) is 51.7 Å². The molecule has 1 heterocycles. The fourth-order valence-electron chi connectivity index (χ4n) is 3.28. The van der Waals surface area contributed by atoms with Gasteiger partial charge in [0.15, 0.2) is 0 Å². The van der Waals surface area contributed by atoms with Gasteiger partial charge in [-0.15, -0.1) is 0 Å². The Bertz CT molecular complexity index is 824. The van der Waals surface area contributed by atoms with Crippen LogP contribution in [0, 0.1) is 0 Å². The maximum Gasteiger partial charge on any atom is 0.253 e. The Balaban J connectivity index is 1.62. The summed E-state index contributed by atoms with van der Waals surface area (Å²) in [6, 6.07) is 15.2. The summed E-state index contributed by atoms with van der Waals surface area (Å²) < 4.78 is 5.40. The maximum absolute atomic E-state index is 12.6. The molecule has 0 saturated carbocycles. The summed E-state index contributed by atoms with van der Waals surface area (Å²) in [5.41, 5.74) is 3.44. The molecule has 1 saturated heterocycles. The zero-order valence-electron chi connectivity index (χ0n) is 16.7. The van der Waals surface area contributed by atoms with Crippen molar-refractivity contribution in [2.75, 3.05) is 11.9 Å². The summed E-state index contributed by atoms with van der Waals surface area (Å²) in [6.07, 6.45) is 1.24. The van der Waals surface area contributed by atoms with Crippen molar-refractivity contribution in [3.05, 3.63) is 65.2 Å². The van der Waals surface area contributed by atoms with Crippen LogP contribution in [0.2, 0.25) is 0 Å². The molecule has 0 aliphatic carbocycles. The first kappa shape index (κ1) is 20.1. The largest absolute Gasteiger partial charge is 0.368 e. The molecule has 1 aliphatic rings. The Morgan fingerprint density at radius 3 is 2.39 bits per heavy atom. The van der Waals surface area contributed by atoms with Crippen LogP contribution in [0.25, 0.3) is 0 Å². The molecule has 2 aromatic rings. The van der Waals surface area contributed by atoms with Crippen molar-refractivity contribution in [2.24, 2.45) is 0 Å². The number of rotatable bonds is 6. The molecule has 5 nitrogen and oxygen atoms in total. The highest BCUT2D eigenvalue weighted by molar-refractivity contribution is 5.98. The minimum atomic E-state index is -0.397. The zero-order chi connectivity index (χ0) is 20.1. The van der Waals surface area contributed by atoms with Crippen LogP contribution in [-0.4, -0.2) is 24.5 Å². The molecule has 2 atom stereocenters. The molecule has 2 aromatic carbocycles. The number of ether oxygens (including phenoxy) is 1.